The standard InChI is InChI=1S/C14H13N3OS/c1-2-11-4-6-13(19-11)14(18)17-12-5-3-10(16)7-9(12)8-15/h3-7H,2,16H2,1H3,(H,17,18). The van der Waals surface area contributed by atoms with Gasteiger partial charge in [0.15, 0.2) is 0 Å². The van der Waals surface area contributed by atoms with E-state index in [1.165, 1.54) is 11.3 Å². The van der Waals surface area contributed by atoms with Gasteiger partial charge in [-0.05, 0) is 36.8 Å². The molecule has 1 amide bonds. The van der Waals surface area contributed by atoms with Gasteiger partial charge >= 0.3 is 0 Å². The van der Waals surface area contributed by atoms with E-state index >= 15 is 0 Å². The predicted molar refractivity (Wildman–Crippen MR) is 77.2 cm³/mol. The fraction of sp³-hybridized carbons (Fsp3) is 0.143. The predicted octanol–water partition coefficient (Wildman–Crippen LogP) is 3.02. The summed E-state index contributed by atoms with van der Waals surface area (Å²) in [6.45, 7) is 2.04. The van der Waals surface area contributed by atoms with Crippen LogP contribution in [-0.2, 0) is 6.42 Å². The number of anilines is 2. The van der Waals surface area contributed by atoms with Gasteiger partial charge in [-0.1, -0.05) is 6.92 Å². The molecule has 0 saturated carbocycles. The van der Waals surface area contributed by atoms with Crippen molar-refractivity contribution >= 4 is 28.6 Å². The number of rotatable bonds is 3. The Kier molecular flexibility index (Phi) is 3.83. The first kappa shape index (κ1) is 13.1. The van der Waals surface area contributed by atoms with Crippen LogP contribution in [0.1, 0.15) is 27.0 Å². The van der Waals surface area contributed by atoms with Crippen LogP contribution in [-0.4, -0.2) is 5.91 Å². The van der Waals surface area contributed by atoms with Crippen molar-refractivity contribution in [3.05, 3.63) is 45.6 Å². The molecule has 2 rings (SSSR count). The Labute approximate surface area is 115 Å². The highest BCUT2D eigenvalue weighted by atomic mass is 32.1. The molecule has 0 aliphatic carbocycles. The maximum absolute atomic E-state index is 12.1. The number of carbonyl (C=O) groups excluding carboxylic acids is 1. The van der Waals surface area contributed by atoms with Gasteiger partial charge < -0.3 is 11.1 Å². The van der Waals surface area contributed by atoms with Crippen LogP contribution in [0.3, 0.4) is 0 Å². The summed E-state index contributed by atoms with van der Waals surface area (Å²) < 4.78 is 0. The molecule has 2 aromatic rings. The minimum atomic E-state index is -0.203. The van der Waals surface area contributed by atoms with E-state index in [2.05, 4.69) is 5.32 Å². The molecule has 4 nitrogen and oxygen atoms in total. The van der Waals surface area contributed by atoms with Crippen molar-refractivity contribution in [1.29, 1.82) is 5.26 Å². The summed E-state index contributed by atoms with van der Waals surface area (Å²) in [4.78, 5) is 13.8. The number of nitrogen functional groups attached to an aromatic ring is 1. The number of amides is 1. The Morgan fingerprint density at radius 3 is 2.84 bits per heavy atom. The second kappa shape index (κ2) is 5.55. The molecule has 0 unspecified atom stereocenters. The highest BCUT2D eigenvalue weighted by Crippen LogP contribution is 2.21. The number of thiophene rings is 1. The summed E-state index contributed by atoms with van der Waals surface area (Å²) in [5, 5.41) is 11.8. The average Bonchev–Trinajstić information content (AvgIpc) is 2.89. The Balaban J connectivity index is 2.22. The number of carbonyl (C=O) groups is 1. The van der Waals surface area contributed by atoms with E-state index in [-0.39, 0.29) is 5.91 Å². The summed E-state index contributed by atoms with van der Waals surface area (Å²) >= 11 is 1.46. The van der Waals surface area contributed by atoms with E-state index in [1.54, 1.807) is 24.3 Å². The second-order valence-corrected chi connectivity index (χ2v) is 5.16. The molecule has 5 heteroatoms. The number of hydrogen-bond acceptors (Lipinski definition) is 4. The SMILES string of the molecule is CCc1ccc(C(=O)Nc2ccc(N)cc2C#N)s1. The van der Waals surface area contributed by atoms with Crippen molar-refractivity contribution in [2.45, 2.75) is 13.3 Å². The van der Waals surface area contributed by atoms with Gasteiger partial charge in [-0.3, -0.25) is 4.79 Å². The number of benzene rings is 1. The zero-order valence-corrected chi connectivity index (χ0v) is 11.3. The molecule has 0 atom stereocenters. The zero-order chi connectivity index (χ0) is 13.8. The first-order chi connectivity index (χ1) is 9.13. The first-order valence-electron chi connectivity index (χ1n) is 5.83. The minimum absolute atomic E-state index is 0.203. The number of nitrogens with one attached hydrogen (secondary N) is 1. The number of nitrogens with two attached hydrogens (primary N) is 1. The molecule has 3 N–H and O–H groups in total. The van der Waals surface area contributed by atoms with E-state index in [9.17, 15) is 4.79 Å². The zero-order valence-electron chi connectivity index (χ0n) is 10.4. The number of nitrogens with zero attached hydrogens (tertiary/aromatic N) is 1. The second-order valence-electron chi connectivity index (χ2n) is 3.99. The van der Waals surface area contributed by atoms with Gasteiger partial charge in [0.05, 0.1) is 16.1 Å². The third-order valence-electron chi connectivity index (χ3n) is 2.65. The molecule has 0 fully saturated rings. The molecular weight excluding hydrogens is 258 g/mol. The fourth-order valence-corrected chi connectivity index (χ4v) is 2.48. The molecule has 1 aromatic carbocycles. The van der Waals surface area contributed by atoms with Crippen LogP contribution in [0.15, 0.2) is 30.3 Å². The van der Waals surface area contributed by atoms with Crippen molar-refractivity contribution in [3.8, 4) is 6.07 Å². The summed E-state index contributed by atoms with van der Waals surface area (Å²) in [7, 11) is 0. The fourth-order valence-electron chi connectivity index (χ4n) is 1.64. The highest BCUT2D eigenvalue weighted by Gasteiger charge is 2.11. The van der Waals surface area contributed by atoms with Gasteiger partial charge in [0.25, 0.3) is 5.91 Å². The van der Waals surface area contributed by atoms with E-state index in [1.807, 2.05) is 19.1 Å². The van der Waals surface area contributed by atoms with Gasteiger partial charge in [0.2, 0.25) is 0 Å². The van der Waals surface area contributed by atoms with E-state index in [0.717, 1.165) is 11.3 Å². The van der Waals surface area contributed by atoms with Crippen LogP contribution < -0.4 is 11.1 Å². The van der Waals surface area contributed by atoms with Crippen LogP contribution >= 0.6 is 11.3 Å². The Morgan fingerprint density at radius 1 is 1.42 bits per heavy atom. The lowest BCUT2D eigenvalue weighted by Gasteiger charge is -2.06. The van der Waals surface area contributed by atoms with Crippen LogP contribution in [0, 0.1) is 11.3 Å². The smallest absolute Gasteiger partial charge is 0.265 e. The Morgan fingerprint density at radius 2 is 2.21 bits per heavy atom. The van der Waals surface area contributed by atoms with E-state index in [0.29, 0.717) is 21.8 Å². The quantitative estimate of drug-likeness (QED) is 0.842. The van der Waals surface area contributed by atoms with Crippen LogP contribution in [0.2, 0.25) is 0 Å². The molecule has 1 aromatic heterocycles. The van der Waals surface area contributed by atoms with Crippen LogP contribution in [0.4, 0.5) is 11.4 Å². The molecule has 0 aliphatic heterocycles. The molecule has 19 heavy (non-hydrogen) atoms. The molecule has 0 bridgehead atoms. The van der Waals surface area contributed by atoms with Crippen molar-refractivity contribution in [3.63, 3.8) is 0 Å². The van der Waals surface area contributed by atoms with E-state index < -0.39 is 0 Å². The topological polar surface area (TPSA) is 78.9 Å². The van der Waals surface area contributed by atoms with Gasteiger partial charge in [-0.2, -0.15) is 5.26 Å². The third-order valence-corrected chi connectivity index (χ3v) is 3.87. The third kappa shape index (κ3) is 2.92. The van der Waals surface area contributed by atoms with Gasteiger partial charge in [-0.25, -0.2) is 0 Å². The molecule has 96 valence electrons. The normalized spacial score (nSPS) is 9.89. The molecule has 0 saturated heterocycles. The average molecular weight is 271 g/mol. The first-order valence-corrected chi connectivity index (χ1v) is 6.65. The summed E-state index contributed by atoms with van der Waals surface area (Å²) in [6, 6.07) is 10.6. The Bertz CT molecular complexity index is 655. The monoisotopic (exact) mass is 271 g/mol. The lowest BCUT2D eigenvalue weighted by molar-refractivity contribution is 0.103. The highest BCUT2D eigenvalue weighted by molar-refractivity contribution is 7.14. The lowest BCUT2D eigenvalue weighted by atomic mass is 10.1. The number of nitriles is 1. The molecule has 0 radical (unpaired) electrons. The molecule has 0 aliphatic rings. The maximum Gasteiger partial charge on any atom is 0.265 e. The van der Waals surface area contributed by atoms with Crippen molar-refractivity contribution < 1.29 is 4.79 Å². The minimum Gasteiger partial charge on any atom is -0.399 e. The molecule has 1 heterocycles. The van der Waals surface area contributed by atoms with Crippen molar-refractivity contribution in [2.24, 2.45) is 0 Å². The summed E-state index contributed by atoms with van der Waals surface area (Å²) in [5.41, 5.74) is 6.95. The van der Waals surface area contributed by atoms with Crippen LogP contribution in [0.25, 0.3) is 0 Å². The lowest BCUT2D eigenvalue weighted by Crippen LogP contribution is -2.11. The molecule has 0 spiro atoms. The van der Waals surface area contributed by atoms with Gasteiger partial charge in [0.1, 0.15) is 6.07 Å². The number of aryl methyl sites for hydroxylation is 1. The van der Waals surface area contributed by atoms with Gasteiger partial charge in [-0.15, -0.1) is 11.3 Å². The summed E-state index contributed by atoms with van der Waals surface area (Å²) in [6.07, 6.45) is 0.906. The summed E-state index contributed by atoms with van der Waals surface area (Å²) in [5.74, 6) is -0.203. The van der Waals surface area contributed by atoms with Crippen LogP contribution in [0.5, 0.6) is 0 Å². The largest absolute Gasteiger partial charge is 0.399 e. The molecular formula is C14H13N3OS. The Hall–Kier alpha value is -2.32. The number of hydrogen-bond donors (Lipinski definition) is 2. The maximum atomic E-state index is 12.1. The van der Waals surface area contributed by atoms with Gasteiger partial charge in [0, 0.05) is 10.6 Å². The van der Waals surface area contributed by atoms with Crippen molar-refractivity contribution in [2.75, 3.05) is 11.1 Å². The van der Waals surface area contributed by atoms with Crippen molar-refractivity contribution in [1.82, 2.24) is 0 Å². The van der Waals surface area contributed by atoms with E-state index in [4.69, 9.17) is 11.0 Å².